The highest BCUT2D eigenvalue weighted by Crippen LogP contribution is 2.36. The van der Waals surface area contributed by atoms with Crippen LogP contribution in [0, 0.1) is 0 Å². The summed E-state index contributed by atoms with van der Waals surface area (Å²) in [6.07, 6.45) is 4.96. The number of hydrogen-bond acceptors (Lipinski definition) is 4. The third kappa shape index (κ3) is 6.07. The van der Waals surface area contributed by atoms with Gasteiger partial charge in [0.05, 0.1) is 11.4 Å². The number of hydrogen-bond donors (Lipinski definition) is 2. The molecule has 234 valence electrons. The second-order valence-electron chi connectivity index (χ2n) is 11.6. The topological polar surface area (TPSA) is 98.0 Å². The number of nitrogens with one attached hydrogen (secondary N) is 2. The van der Waals surface area contributed by atoms with Crippen molar-refractivity contribution >= 4 is 45.0 Å². The van der Waals surface area contributed by atoms with E-state index in [1.807, 2.05) is 0 Å². The molecule has 0 spiro atoms. The van der Waals surface area contributed by atoms with E-state index in [1.54, 1.807) is 40.3 Å². The average Bonchev–Trinajstić information content (AvgIpc) is 3.63. The minimum absolute atomic E-state index is 0.192. The molecule has 0 aliphatic carbocycles. The predicted octanol–water partition coefficient (Wildman–Crippen LogP) is 7.39. The molecule has 4 heterocycles. The highest BCUT2D eigenvalue weighted by Gasteiger charge is 2.21. The molecular weight excluding hydrogens is 548 g/mol. The lowest BCUT2D eigenvalue weighted by atomic mass is 9.99. The summed E-state index contributed by atoms with van der Waals surface area (Å²) in [5.74, 6) is -0.560. The fourth-order valence-electron chi connectivity index (χ4n) is 6.37. The molecule has 3 aromatic heterocycles. The third-order valence-electron chi connectivity index (χ3n) is 8.53. The Morgan fingerprint density at radius 1 is 0.523 bits per heavy atom. The molecule has 8 nitrogen and oxygen atoms in total. The maximum atomic E-state index is 13.6. The Labute approximate surface area is 261 Å². The van der Waals surface area contributed by atoms with Crippen LogP contribution in [0.25, 0.3) is 33.2 Å². The summed E-state index contributed by atoms with van der Waals surface area (Å²) in [6.45, 7) is 12.9. The van der Waals surface area contributed by atoms with Gasteiger partial charge in [-0.15, -0.1) is 0 Å². The van der Waals surface area contributed by atoms with Crippen LogP contribution in [-0.4, -0.2) is 69.7 Å². The first-order chi connectivity index (χ1) is 21.0. The average molecular weight is 597 g/mol. The van der Waals surface area contributed by atoms with Crippen molar-refractivity contribution in [3.8, 4) is 0 Å². The molecular formula is C36H48N6O2. The predicted molar refractivity (Wildman–Crippen MR) is 182 cm³/mol. The van der Waals surface area contributed by atoms with Gasteiger partial charge in [-0.3, -0.25) is 9.59 Å². The first kappa shape index (κ1) is 32.7. The monoisotopic (exact) mass is 596 g/mol. The zero-order valence-corrected chi connectivity index (χ0v) is 28.2. The van der Waals surface area contributed by atoms with E-state index in [2.05, 4.69) is 63.6 Å². The van der Waals surface area contributed by atoms with Crippen molar-refractivity contribution < 1.29 is 9.59 Å². The van der Waals surface area contributed by atoms with Crippen LogP contribution in [0.1, 0.15) is 109 Å². The van der Waals surface area contributed by atoms with Gasteiger partial charge in [-0.05, 0) is 96.2 Å². The van der Waals surface area contributed by atoms with Crippen molar-refractivity contribution in [2.24, 2.45) is 0 Å². The van der Waals surface area contributed by atoms with E-state index >= 15 is 0 Å². The molecule has 1 aliphatic rings. The SMILES string of the molecule is CCC1=C(CC)c2cc3[nH]c(cc(C(=O)N(C)C)nc(C(=O)N(C)C)cc4[nH]c(cc1n2)c(CC)c4CC)c(CC)c3CC. The first-order valence-corrected chi connectivity index (χ1v) is 16.0. The Balaban J connectivity index is 2.36. The van der Waals surface area contributed by atoms with E-state index in [4.69, 9.17) is 9.97 Å². The van der Waals surface area contributed by atoms with Gasteiger partial charge in [0.15, 0.2) is 0 Å². The van der Waals surface area contributed by atoms with Crippen LogP contribution in [-0.2, 0) is 25.7 Å². The van der Waals surface area contributed by atoms with Crippen molar-refractivity contribution in [2.75, 3.05) is 28.2 Å². The minimum atomic E-state index is -0.280. The number of allylic oxidation sites excluding steroid dienone is 2. The number of aryl methyl sites for hydroxylation is 4. The summed E-state index contributed by atoms with van der Waals surface area (Å²) >= 11 is 0. The van der Waals surface area contributed by atoms with Crippen molar-refractivity contribution in [3.63, 3.8) is 0 Å². The molecule has 2 amide bonds. The van der Waals surface area contributed by atoms with Crippen LogP contribution < -0.4 is 0 Å². The minimum Gasteiger partial charge on any atom is -0.355 e. The molecule has 0 saturated heterocycles. The lowest BCUT2D eigenvalue weighted by molar-refractivity contribution is 0.0815. The van der Waals surface area contributed by atoms with Gasteiger partial charge in [-0.25, -0.2) is 9.97 Å². The smallest absolute Gasteiger partial charge is 0.272 e. The number of amides is 2. The quantitative estimate of drug-likeness (QED) is 0.283. The second-order valence-corrected chi connectivity index (χ2v) is 11.6. The van der Waals surface area contributed by atoms with Crippen LogP contribution in [0.4, 0.5) is 0 Å². The van der Waals surface area contributed by atoms with Gasteiger partial charge in [0.1, 0.15) is 11.4 Å². The number of fused-ring (bicyclic) bond motifs is 6. The normalized spacial score (nSPS) is 12.0. The number of H-pyrrole nitrogens is 2. The zero-order valence-electron chi connectivity index (χ0n) is 28.2. The number of carbonyl (C=O) groups is 2. The molecule has 0 saturated carbocycles. The maximum absolute atomic E-state index is 13.6. The van der Waals surface area contributed by atoms with Crippen molar-refractivity contribution in [3.05, 3.63) is 69.3 Å². The third-order valence-corrected chi connectivity index (χ3v) is 8.53. The Hall–Kier alpha value is -4.20. The molecule has 8 heteroatoms. The van der Waals surface area contributed by atoms with Gasteiger partial charge >= 0.3 is 0 Å². The summed E-state index contributed by atoms with van der Waals surface area (Å²) in [5.41, 5.74) is 13.1. The standard InChI is InChI=1S/C36H48N6O2/c1-11-21-22(12-2)28-18-30-24(14-4)26(16-6)32(39-30)20-34(36(44)42(9)10)40-33(35(43)41(7)8)19-31-25(15-5)23(13-3)29(38-31)17-27(21)37-28/h17-20,38-39H,11-16H2,1-10H3. The van der Waals surface area contributed by atoms with Crippen LogP contribution in [0.5, 0.6) is 0 Å². The van der Waals surface area contributed by atoms with Gasteiger partial charge in [0.2, 0.25) is 0 Å². The molecule has 0 unspecified atom stereocenters. The molecule has 6 bridgehead atoms. The van der Waals surface area contributed by atoms with Crippen LogP contribution in [0.3, 0.4) is 0 Å². The van der Waals surface area contributed by atoms with E-state index < -0.39 is 0 Å². The molecule has 0 fully saturated rings. The summed E-state index contributed by atoms with van der Waals surface area (Å²) in [6, 6.07) is 7.93. The molecule has 3 aromatic rings. The van der Waals surface area contributed by atoms with Crippen molar-refractivity contribution in [1.82, 2.24) is 29.7 Å². The molecule has 0 radical (unpaired) electrons. The van der Waals surface area contributed by atoms with Crippen molar-refractivity contribution in [2.45, 2.75) is 80.1 Å². The fourth-order valence-corrected chi connectivity index (χ4v) is 6.37. The van der Waals surface area contributed by atoms with E-state index in [-0.39, 0.29) is 23.2 Å². The van der Waals surface area contributed by atoms with Gasteiger partial charge in [0.25, 0.3) is 11.8 Å². The lowest BCUT2D eigenvalue weighted by Crippen LogP contribution is -2.25. The molecule has 1 aliphatic heterocycles. The van der Waals surface area contributed by atoms with Gasteiger partial charge in [-0.2, -0.15) is 0 Å². The molecule has 2 N–H and O–H groups in total. The molecule has 0 atom stereocenters. The largest absolute Gasteiger partial charge is 0.355 e. The second kappa shape index (κ2) is 13.6. The van der Waals surface area contributed by atoms with Gasteiger partial charge in [-0.1, -0.05) is 41.5 Å². The van der Waals surface area contributed by atoms with E-state index in [9.17, 15) is 9.59 Å². The van der Waals surface area contributed by atoms with Gasteiger partial charge in [0, 0.05) is 50.3 Å². The Morgan fingerprint density at radius 3 is 1.11 bits per heavy atom. The Bertz CT molecular complexity index is 1650. The fraction of sp³-hybridized carbons (Fsp3) is 0.444. The summed E-state index contributed by atoms with van der Waals surface area (Å²) in [5, 5.41) is 0. The van der Waals surface area contributed by atoms with E-state index in [0.29, 0.717) is 0 Å². The number of carbonyl (C=O) groups excluding carboxylic acids is 2. The zero-order chi connectivity index (χ0) is 32.3. The summed E-state index contributed by atoms with van der Waals surface area (Å²) in [7, 11) is 6.81. The molecule has 4 rings (SSSR count). The van der Waals surface area contributed by atoms with Crippen LogP contribution in [0.15, 0.2) is 24.3 Å². The summed E-state index contributed by atoms with van der Waals surface area (Å²) < 4.78 is 0. The molecule has 44 heavy (non-hydrogen) atoms. The number of nitrogens with zero attached hydrogens (tertiary/aromatic N) is 4. The van der Waals surface area contributed by atoms with Crippen molar-refractivity contribution in [1.29, 1.82) is 0 Å². The molecule has 0 aromatic carbocycles. The Morgan fingerprint density at radius 2 is 0.841 bits per heavy atom. The van der Waals surface area contributed by atoms with E-state index in [1.165, 1.54) is 32.1 Å². The van der Waals surface area contributed by atoms with Crippen LogP contribution >= 0.6 is 0 Å². The lowest BCUT2D eigenvalue weighted by Gasteiger charge is -2.11. The van der Waals surface area contributed by atoms with Crippen LogP contribution in [0.2, 0.25) is 0 Å². The van der Waals surface area contributed by atoms with Gasteiger partial charge < -0.3 is 19.8 Å². The number of rotatable bonds is 8. The maximum Gasteiger partial charge on any atom is 0.272 e. The number of aromatic amines is 2. The highest BCUT2D eigenvalue weighted by molar-refractivity contribution is 5.97. The number of aromatic nitrogens is 4. The van der Waals surface area contributed by atoms with E-state index in [0.717, 1.165) is 83.1 Å². The summed E-state index contributed by atoms with van der Waals surface area (Å²) in [4.78, 5) is 47.5. The first-order valence-electron chi connectivity index (χ1n) is 16.0. The highest BCUT2D eigenvalue weighted by atomic mass is 16.2. The Kier molecular flexibility index (Phi) is 10.1.